The van der Waals surface area contributed by atoms with Gasteiger partial charge in [-0.1, -0.05) is 0 Å². The molecule has 0 spiro atoms. The lowest BCUT2D eigenvalue weighted by molar-refractivity contribution is 0.655. The third-order valence-corrected chi connectivity index (χ3v) is 3.70. The van der Waals surface area contributed by atoms with E-state index in [2.05, 4.69) is 16.4 Å². The van der Waals surface area contributed by atoms with Crippen LogP contribution in [-0.4, -0.2) is 11.5 Å². The third kappa shape index (κ3) is 1.08. The molecule has 3 rings (SSSR count). The van der Waals surface area contributed by atoms with Crippen LogP contribution in [0, 0.1) is 0 Å². The number of aromatic nitrogens is 1. The molecular formula is C10H10N2S. The maximum atomic E-state index is 4.42. The second kappa shape index (κ2) is 2.79. The number of pyridine rings is 1. The van der Waals surface area contributed by atoms with Crippen molar-refractivity contribution in [3.63, 3.8) is 0 Å². The van der Waals surface area contributed by atoms with E-state index in [1.165, 1.54) is 20.7 Å². The van der Waals surface area contributed by atoms with Crippen LogP contribution in [0.4, 0.5) is 0 Å². The molecule has 0 radical (unpaired) electrons. The van der Waals surface area contributed by atoms with Gasteiger partial charge in [0.1, 0.15) is 0 Å². The van der Waals surface area contributed by atoms with Gasteiger partial charge in [0.15, 0.2) is 0 Å². The molecule has 3 heterocycles. The summed E-state index contributed by atoms with van der Waals surface area (Å²) >= 11 is 1.90. The maximum absolute atomic E-state index is 4.42. The van der Waals surface area contributed by atoms with Gasteiger partial charge in [-0.25, -0.2) is 0 Å². The number of hydrogen-bond acceptors (Lipinski definition) is 3. The lowest BCUT2D eigenvalue weighted by Gasteiger charge is -2.11. The lowest BCUT2D eigenvalue weighted by Crippen LogP contribution is -2.22. The van der Waals surface area contributed by atoms with Crippen LogP contribution in [-0.2, 0) is 13.0 Å². The first kappa shape index (κ1) is 7.47. The second-order valence-electron chi connectivity index (χ2n) is 3.28. The minimum atomic E-state index is 0.992. The van der Waals surface area contributed by atoms with Crippen LogP contribution in [0.3, 0.4) is 0 Å². The predicted octanol–water partition coefficient (Wildman–Crippen LogP) is 1.94. The van der Waals surface area contributed by atoms with Crippen LogP contribution in [0.15, 0.2) is 18.3 Å². The molecule has 1 aliphatic heterocycles. The molecule has 0 amide bonds. The van der Waals surface area contributed by atoms with Crippen LogP contribution in [0.1, 0.15) is 10.4 Å². The van der Waals surface area contributed by atoms with Crippen LogP contribution < -0.4 is 5.32 Å². The summed E-state index contributed by atoms with van der Waals surface area (Å²) in [5.41, 5.74) is 2.63. The Morgan fingerprint density at radius 1 is 1.46 bits per heavy atom. The highest BCUT2D eigenvalue weighted by molar-refractivity contribution is 7.19. The van der Waals surface area contributed by atoms with E-state index in [0.29, 0.717) is 0 Å². The van der Waals surface area contributed by atoms with Gasteiger partial charge >= 0.3 is 0 Å². The van der Waals surface area contributed by atoms with Crippen LogP contribution >= 0.6 is 11.3 Å². The molecule has 0 fully saturated rings. The largest absolute Gasteiger partial charge is 0.312 e. The summed E-state index contributed by atoms with van der Waals surface area (Å²) in [5.74, 6) is 0. The Kier molecular flexibility index (Phi) is 1.60. The fourth-order valence-corrected chi connectivity index (χ4v) is 3.01. The van der Waals surface area contributed by atoms with E-state index >= 15 is 0 Å². The number of nitrogens with zero attached hydrogens (tertiary/aromatic N) is 1. The fourth-order valence-electron chi connectivity index (χ4n) is 1.83. The van der Waals surface area contributed by atoms with Crippen molar-refractivity contribution in [2.24, 2.45) is 0 Å². The molecule has 0 bridgehead atoms. The zero-order valence-corrected chi connectivity index (χ0v) is 8.03. The van der Waals surface area contributed by atoms with Gasteiger partial charge in [-0.05, 0) is 18.6 Å². The highest BCUT2D eigenvalue weighted by atomic mass is 32.1. The number of thiophene rings is 1. The van der Waals surface area contributed by atoms with Crippen molar-refractivity contribution in [1.82, 2.24) is 10.3 Å². The zero-order chi connectivity index (χ0) is 8.67. The Balaban J connectivity index is 2.34. The Morgan fingerprint density at radius 3 is 3.46 bits per heavy atom. The molecule has 2 aromatic rings. The molecule has 0 aromatic carbocycles. The molecule has 3 heteroatoms. The lowest BCUT2D eigenvalue weighted by atomic mass is 10.1. The van der Waals surface area contributed by atoms with Gasteiger partial charge in [-0.15, -0.1) is 11.3 Å². The van der Waals surface area contributed by atoms with Crippen molar-refractivity contribution < 1.29 is 0 Å². The molecule has 0 saturated carbocycles. The predicted molar refractivity (Wildman–Crippen MR) is 55.0 cm³/mol. The van der Waals surface area contributed by atoms with Crippen LogP contribution in [0.25, 0.3) is 10.2 Å². The summed E-state index contributed by atoms with van der Waals surface area (Å²) in [7, 11) is 0. The molecule has 13 heavy (non-hydrogen) atoms. The second-order valence-corrected chi connectivity index (χ2v) is 4.42. The van der Waals surface area contributed by atoms with Crippen molar-refractivity contribution in [3.05, 3.63) is 28.8 Å². The van der Waals surface area contributed by atoms with Gasteiger partial charge in [0, 0.05) is 29.7 Å². The highest BCUT2D eigenvalue weighted by Crippen LogP contribution is 2.31. The molecule has 0 unspecified atom stereocenters. The standard InChI is InChI=1S/C10H10N2S/c1-2-9-10(12-4-1)7-6-11-5-3-8(7)13-9/h1-2,4,11H,3,5-6H2. The summed E-state index contributed by atoms with van der Waals surface area (Å²) in [5, 5.41) is 3.39. The van der Waals surface area contributed by atoms with E-state index in [1.54, 1.807) is 0 Å². The van der Waals surface area contributed by atoms with E-state index in [9.17, 15) is 0 Å². The van der Waals surface area contributed by atoms with E-state index < -0.39 is 0 Å². The Morgan fingerprint density at radius 2 is 2.46 bits per heavy atom. The summed E-state index contributed by atoms with van der Waals surface area (Å²) in [6.07, 6.45) is 3.04. The molecule has 0 atom stereocenters. The topological polar surface area (TPSA) is 24.9 Å². The van der Waals surface area contributed by atoms with Gasteiger partial charge in [0.05, 0.1) is 10.2 Å². The Bertz CT molecular complexity index is 447. The summed E-state index contributed by atoms with van der Waals surface area (Å²) in [6, 6.07) is 4.17. The van der Waals surface area contributed by atoms with Crippen LogP contribution in [0.5, 0.6) is 0 Å². The Hall–Kier alpha value is -0.930. The molecular weight excluding hydrogens is 180 g/mol. The third-order valence-electron chi connectivity index (χ3n) is 2.46. The summed E-state index contributed by atoms with van der Waals surface area (Å²) in [4.78, 5) is 5.95. The van der Waals surface area contributed by atoms with Gasteiger partial charge in [-0.3, -0.25) is 4.98 Å². The average Bonchev–Trinajstić information content (AvgIpc) is 2.56. The first-order chi connectivity index (χ1) is 6.45. The van der Waals surface area contributed by atoms with Gasteiger partial charge in [-0.2, -0.15) is 0 Å². The molecule has 66 valence electrons. The number of fused-ring (bicyclic) bond motifs is 3. The van der Waals surface area contributed by atoms with Crippen molar-refractivity contribution in [1.29, 1.82) is 0 Å². The maximum Gasteiger partial charge on any atom is 0.0857 e. The number of hydrogen-bond donors (Lipinski definition) is 1. The van der Waals surface area contributed by atoms with E-state index in [0.717, 1.165) is 19.5 Å². The van der Waals surface area contributed by atoms with Crippen molar-refractivity contribution in [2.75, 3.05) is 6.54 Å². The van der Waals surface area contributed by atoms with E-state index in [4.69, 9.17) is 0 Å². The summed E-state index contributed by atoms with van der Waals surface area (Å²) < 4.78 is 1.33. The van der Waals surface area contributed by atoms with E-state index in [1.807, 2.05) is 23.6 Å². The van der Waals surface area contributed by atoms with Gasteiger partial charge < -0.3 is 5.32 Å². The number of nitrogens with one attached hydrogen (secondary N) is 1. The molecule has 0 aliphatic carbocycles. The number of rotatable bonds is 0. The fraction of sp³-hybridized carbons (Fsp3) is 0.300. The van der Waals surface area contributed by atoms with Crippen molar-refractivity contribution >= 4 is 21.6 Å². The first-order valence-corrected chi connectivity index (χ1v) is 5.33. The minimum absolute atomic E-state index is 0.992. The molecule has 1 N–H and O–H groups in total. The smallest absolute Gasteiger partial charge is 0.0857 e. The van der Waals surface area contributed by atoms with Gasteiger partial charge in [0.25, 0.3) is 0 Å². The molecule has 1 aliphatic rings. The summed E-state index contributed by atoms with van der Waals surface area (Å²) in [6.45, 7) is 2.10. The minimum Gasteiger partial charge on any atom is -0.312 e. The van der Waals surface area contributed by atoms with Crippen molar-refractivity contribution in [3.8, 4) is 0 Å². The highest BCUT2D eigenvalue weighted by Gasteiger charge is 2.15. The molecule has 2 nitrogen and oxygen atoms in total. The van der Waals surface area contributed by atoms with E-state index in [-0.39, 0.29) is 0 Å². The quantitative estimate of drug-likeness (QED) is 0.686. The zero-order valence-electron chi connectivity index (χ0n) is 7.21. The Labute approximate surface area is 80.6 Å². The van der Waals surface area contributed by atoms with Crippen molar-refractivity contribution in [2.45, 2.75) is 13.0 Å². The van der Waals surface area contributed by atoms with Crippen LogP contribution in [0.2, 0.25) is 0 Å². The first-order valence-electron chi connectivity index (χ1n) is 4.51. The monoisotopic (exact) mass is 190 g/mol. The SMILES string of the molecule is c1cnc2c3c(sc2c1)CCNC3. The normalized spacial score (nSPS) is 16.0. The van der Waals surface area contributed by atoms with Gasteiger partial charge in [0.2, 0.25) is 0 Å². The average molecular weight is 190 g/mol. The molecule has 2 aromatic heterocycles. The molecule has 0 saturated heterocycles.